The van der Waals surface area contributed by atoms with E-state index >= 15 is 0 Å². The van der Waals surface area contributed by atoms with Crippen molar-refractivity contribution in [2.75, 3.05) is 20.1 Å². The van der Waals surface area contributed by atoms with Gasteiger partial charge in [-0.25, -0.2) is 9.67 Å². The van der Waals surface area contributed by atoms with E-state index < -0.39 is 0 Å². The van der Waals surface area contributed by atoms with Gasteiger partial charge in [0.25, 0.3) is 11.5 Å². The number of amides is 1. The van der Waals surface area contributed by atoms with Crippen LogP contribution >= 0.6 is 36.2 Å². The SMILES string of the molecule is Cc1nc(-c2c(C)c(C)nn(C)c2=O)sc1C(=O)N(C)CC(C)(C)CN.Cl.Cl. The third kappa shape index (κ3) is 5.31. The van der Waals surface area contributed by atoms with E-state index in [9.17, 15) is 9.59 Å². The van der Waals surface area contributed by atoms with Gasteiger partial charge in [0.05, 0.1) is 17.0 Å². The summed E-state index contributed by atoms with van der Waals surface area (Å²) in [6.07, 6.45) is 0. The molecule has 2 N–H and O–H groups in total. The van der Waals surface area contributed by atoms with Crippen molar-refractivity contribution in [1.29, 1.82) is 0 Å². The van der Waals surface area contributed by atoms with Crippen LogP contribution in [0.25, 0.3) is 10.6 Å². The molecule has 0 spiro atoms. The van der Waals surface area contributed by atoms with E-state index in [1.54, 1.807) is 25.9 Å². The van der Waals surface area contributed by atoms with Crippen LogP contribution in [-0.2, 0) is 7.05 Å². The Bertz CT molecular complexity index is 908. The van der Waals surface area contributed by atoms with E-state index in [4.69, 9.17) is 5.73 Å². The van der Waals surface area contributed by atoms with Crippen molar-refractivity contribution in [2.45, 2.75) is 34.6 Å². The standard InChI is InChI=1S/C18H27N5O2S.2ClH/c1-10-11(2)21-23(7)16(24)13(10)15-20-12(3)14(26-15)17(25)22(6)9-18(4,5)8-19;;/h8-9,19H2,1-7H3;2*1H. The lowest BCUT2D eigenvalue weighted by atomic mass is 9.93. The second-order valence-electron chi connectivity index (χ2n) is 7.48. The molecule has 0 aliphatic rings. The van der Waals surface area contributed by atoms with Crippen molar-refractivity contribution in [1.82, 2.24) is 19.7 Å². The summed E-state index contributed by atoms with van der Waals surface area (Å²) in [6.45, 7) is 10.6. The Balaban J connectivity index is 0.00000364. The van der Waals surface area contributed by atoms with Gasteiger partial charge in [-0.2, -0.15) is 5.10 Å². The minimum Gasteiger partial charge on any atom is -0.340 e. The Morgan fingerprint density at radius 3 is 2.32 bits per heavy atom. The molecule has 2 rings (SSSR count). The zero-order chi connectivity index (χ0) is 19.8. The topological polar surface area (TPSA) is 94.1 Å². The molecule has 158 valence electrons. The van der Waals surface area contributed by atoms with Gasteiger partial charge in [-0.15, -0.1) is 36.2 Å². The second-order valence-corrected chi connectivity index (χ2v) is 8.48. The predicted octanol–water partition coefficient (Wildman–Crippen LogP) is 2.73. The molecule has 2 heterocycles. The predicted molar refractivity (Wildman–Crippen MR) is 119 cm³/mol. The van der Waals surface area contributed by atoms with E-state index in [1.807, 2.05) is 27.7 Å². The molecule has 28 heavy (non-hydrogen) atoms. The summed E-state index contributed by atoms with van der Waals surface area (Å²) in [4.78, 5) is 32.1. The fraction of sp³-hybridized carbons (Fsp3) is 0.556. The number of rotatable bonds is 5. The number of carbonyl (C=O) groups excluding carboxylic acids is 1. The molecule has 7 nitrogen and oxygen atoms in total. The summed E-state index contributed by atoms with van der Waals surface area (Å²) in [7, 11) is 3.38. The molecular formula is C18H29Cl2N5O2S. The molecule has 0 radical (unpaired) electrons. The van der Waals surface area contributed by atoms with Crippen LogP contribution in [-0.4, -0.2) is 45.7 Å². The third-order valence-corrected chi connectivity index (χ3v) is 5.66. The molecule has 2 aromatic heterocycles. The Morgan fingerprint density at radius 2 is 1.79 bits per heavy atom. The molecule has 0 saturated carbocycles. The third-order valence-electron chi connectivity index (χ3n) is 4.49. The van der Waals surface area contributed by atoms with Crippen LogP contribution in [0, 0.1) is 26.2 Å². The molecule has 0 saturated heterocycles. The summed E-state index contributed by atoms with van der Waals surface area (Å²) in [5, 5.41) is 4.75. The van der Waals surface area contributed by atoms with Crippen LogP contribution in [0.15, 0.2) is 4.79 Å². The molecule has 0 unspecified atom stereocenters. The van der Waals surface area contributed by atoms with Gasteiger partial charge in [0.2, 0.25) is 0 Å². The van der Waals surface area contributed by atoms with Crippen LogP contribution in [0.1, 0.15) is 40.5 Å². The first-order chi connectivity index (χ1) is 12.0. The zero-order valence-corrected chi connectivity index (χ0v) is 19.8. The number of aryl methyl sites for hydroxylation is 3. The smallest absolute Gasteiger partial charge is 0.277 e. The minimum atomic E-state index is -0.210. The lowest BCUT2D eigenvalue weighted by molar-refractivity contribution is 0.0744. The maximum Gasteiger partial charge on any atom is 0.277 e. The first-order valence-corrected chi connectivity index (χ1v) is 9.28. The van der Waals surface area contributed by atoms with E-state index in [0.29, 0.717) is 34.2 Å². The highest BCUT2D eigenvalue weighted by molar-refractivity contribution is 7.17. The highest BCUT2D eigenvalue weighted by atomic mass is 35.5. The highest BCUT2D eigenvalue weighted by Crippen LogP contribution is 2.29. The Morgan fingerprint density at radius 1 is 1.21 bits per heavy atom. The lowest BCUT2D eigenvalue weighted by Crippen LogP contribution is -2.39. The highest BCUT2D eigenvalue weighted by Gasteiger charge is 2.26. The van der Waals surface area contributed by atoms with Crippen LogP contribution in [0.5, 0.6) is 0 Å². The van der Waals surface area contributed by atoms with Crippen molar-refractivity contribution in [3.63, 3.8) is 0 Å². The molecular weight excluding hydrogens is 421 g/mol. The summed E-state index contributed by atoms with van der Waals surface area (Å²) < 4.78 is 1.31. The second kappa shape index (κ2) is 9.82. The van der Waals surface area contributed by atoms with Gasteiger partial charge in [-0.05, 0) is 38.3 Å². The largest absolute Gasteiger partial charge is 0.340 e. The number of nitrogens with two attached hydrogens (primary N) is 1. The van der Waals surface area contributed by atoms with Crippen LogP contribution < -0.4 is 11.3 Å². The van der Waals surface area contributed by atoms with Gasteiger partial charge in [0.1, 0.15) is 9.88 Å². The quantitative estimate of drug-likeness (QED) is 0.756. The Hall–Kier alpha value is -1.48. The average molecular weight is 450 g/mol. The van der Waals surface area contributed by atoms with Crippen molar-refractivity contribution < 1.29 is 4.79 Å². The normalized spacial score (nSPS) is 10.9. The van der Waals surface area contributed by atoms with Crippen molar-refractivity contribution in [2.24, 2.45) is 18.2 Å². The van der Waals surface area contributed by atoms with Crippen LogP contribution in [0.3, 0.4) is 0 Å². The zero-order valence-electron chi connectivity index (χ0n) is 17.3. The summed E-state index contributed by atoms with van der Waals surface area (Å²) in [6, 6.07) is 0. The molecule has 0 aromatic carbocycles. The lowest BCUT2D eigenvalue weighted by Gasteiger charge is -2.28. The van der Waals surface area contributed by atoms with Crippen molar-refractivity contribution >= 4 is 42.1 Å². The Kier molecular flexibility index (Phi) is 9.30. The van der Waals surface area contributed by atoms with E-state index in [0.717, 1.165) is 11.3 Å². The molecule has 0 aliphatic carbocycles. The van der Waals surface area contributed by atoms with E-state index in [-0.39, 0.29) is 41.7 Å². The monoisotopic (exact) mass is 449 g/mol. The number of hydrogen-bond acceptors (Lipinski definition) is 6. The molecule has 1 amide bonds. The molecule has 2 aromatic rings. The van der Waals surface area contributed by atoms with Gasteiger partial charge in [-0.3, -0.25) is 9.59 Å². The van der Waals surface area contributed by atoms with Crippen LogP contribution in [0.2, 0.25) is 0 Å². The maximum atomic E-state index is 12.9. The van der Waals surface area contributed by atoms with E-state index in [2.05, 4.69) is 10.1 Å². The van der Waals surface area contributed by atoms with Gasteiger partial charge < -0.3 is 10.6 Å². The van der Waals surface area contributed by atoms with E-state index in [1.165, 1.54) is 16.0 Å². The number of hydrogen-bond donors (Lipinski definition) is 1. The van der Waals surface area contributed by atoms with Gasteiger partial charge >= 0.3 is 0 Å². The fourth-order valence-corrected chi connectivity index (χ4v) is 3.91. The summed E-state index contributed by atoms with van der Waals surface area (Å²) in [5.41, 5.74) is 8.10. The number of thiazole rings is 1. The maximum absolute atomic E-state index is 12.9. The van der Waals surface area contributed by atoms with Gasteiger partial charge in [0, 0.05) is 20.6 Å². The number of carbonyl (C=O) groups is 1. The van der Waals surface area contributed by atoms with Crippen molar-refractivity contribution in [3.05, 3.63) is 32.2 Å². The number of halogens is 2. The summed E-state index contributed by atoms with van der Waals surface area (Å²) in [5.74, 6) is -0.104. The first kappa shape index (κ1) is 26.5. The molecule has 0 atom stereocenters. The molecule has 0 aliphatic heterocycles. The average Bonchev–Trinajstić information content (AvgIpc) is 2.93. The number of nitrogens with zero attached hydrogens (tertiary/aromatic N) is 4. The van der Waals surface area contributed by atoms with Gasteiger partial charge in [-0.1, -0.05) is 13.8 Å². The van der Waals surface area contributed by atoms with Crippen molar-refractivity contribution in [3.8, 4) is 10.6 Å². The van der Waals surface area contributed by atoms with Gasteiger partial charge in [0.15, 0.2) is 0 Å². The fourth-order valence-electron chi connectivity index (χ4n) is 2.75. The molecule has 0 fully saturated rings. The number of aromatic nitrogens is 3. The minimum absolute atomic E-state index is 0. The molecule has 10 heteroatoms. The van der Waals surface area contributed by atoms with Crippen LogP contribution in [0.4, 0.5) is 0 Å². The molecule has 0 bridgehead atoms. The Labute approximate surface area is 182 Å². The first-order valence-electron chi connectivity index (χ1n) is 8.46. The summed E-state index contributed by atoms with van der Waals surface area (Å²) >= 11 is 1.25.